The van der Waals surface area contributed by atoms with Crippen LogP contribution in [0, 0.1) is 11.3 Å². The van der Waals surface area contributed by atoms with E-state index in [4.69, 9.17) is 14.0 Å². The highest BCUT2D eigenvalue weighted by Crippen LogP contribution is 2.36. The van der Waals surface area contributed by atoms with Gasteiger partial charge in [0.05, 0.1) is 29.4 Å². The maximum absolute atomic E-state index is 9.27. The van der Waals surface area contributed by atoms with E-state index >= 15 is 0 Å². The highest BCUT2D eigenvalue weighted by atomic mass is 16.7. The molecule has 0 N–H and O–H groups in total. The van der Waals surface area contributed by atoms with Crippen LogP contribution in [0.1, 0.15) is 38.8 Å². The smallest absolute Gasteiger partial charge is 0.399 e. The van der Waals surface area contributed by atoms with Gasteiger partial charge in [-0.3, -0.25) is 0 Å². The molecule has 1 aromatic carbocycles. The van der Waals surface area contributed by atoms with Crippen LogP contribution in [-0.2, 0) is 20.7 Å². The summed E-state index contributed by atoms with van der Waals surface area (Å²) in [5.74, 6) is 0. The Morgan fingerprint density at radius 1 is 1.20 bits per heavy atom. The molecule has 0 saturated carbocycles. The first-order valence-electron chi connectivity index (χ1n) is 6.68. The zero-order chi connectivity index (χ0) is 15.0. The highest BCUT2D eigenvalue weighted by molar-refractivity contribution is 6.62. The van der Waals surface area contributed by atoms with Gasteiger partial charge in [0.15, 0.2) is 0 Å². The molecular formula is C15H20BNO3. The highest BCUT2D eigenvalue weighted by Gasteiger charge is 2.52. The first-order chi connectivity index (χ1) is 9.30. The summed E-state index contributed by atoms with van der Waals surface area (Å²) in [5.41, 5.74) is 1.50. The normalized spacial score (nSPS) is 19.9. The minimum absolute atomic E-state index is 0.415. The molecule has 0 atom stereocenters. The number of rotatable bonds is 3. The van der Waals surface area contributed by atoms with E-state index in [1.54, 1.807) is 13.2 Å². The molecule has 0 bridgehead atoms. The van der Waals surface area contributed by atoms with Crippen LogP contribution in [0.2, 0.25) is 0 Å². The summed E-state index contributed by atoms with van der Waals surface area (Å²) in [5, 5.41) is 9.27. The summed E-state index contributed by atoms with van der Waals surface area (Å²) in [6.45, 7) is 8.49. The van der Waals surface area contributed by atoms with E-state index in [9.17, 15) is 5.26 Å². The Balaban J connectivity index is 2.38. The number of hydrogen-bond donors (Lipinski definition) is 0. The number of hydrogen-bond acceptors (Lipinski definition) is 4. The molecule has 1 saturated heterocycles. The van der Waals surface area contributed by atoms with Crippen molar-refractivity contribution in [2.24, 2.45) is 0 Å². The Kier molecular flexibility index (Phi) is 3.92. The first kappa shape index (κ1) is 15.1. The third-order valence-electron chi connectivity index (χ3n) is 4.05. The number of nitrogens with zero attached hydrogens (tertiary/aromatic N) is 1. The largest absolute Gasteiger partial charge is 0.496 e. The maximum atomic E-state index is 9.27. The Labute approximate surface area is 120 Å². The summed E-state index contributed by atoms with van der Waals surface area (Å²) in [6, 6.07) is 7.79. The van der Waals surface area contributed by atoms with E-state index in [1.807, 2.05) is 39.8 Å². The predicted octanol–water partition coefficient (Wildman–Crippen LogP) is 2.00. The molecule has 1 aliphatic heterocycles. The Hall–Kier alpha value is -1.35. The molecule has 2 rings (SSSR count). The van der Waals surface area contributed by atoms with Crippen molar-refractivity contribution in [1.29, 1.82) is 5.26 Å². The fourth-order valence-corrected chi connectivity index (χ4v) is 2.14. The van der Waals surface area contributed by atoms with Gasteiger partial charge in [0.25, 0.3) is 0 Å². The Bertz CT molecular complexity index is 533. The summed E-state index contributed by atoms with van der Waals surface area (Å²) in [6.07, 6.45) is 0. The van der Waals surface area contributed by atoms with E-state index < -0.39 is 18.3 Å². The molecule has 0 aromatic heterocycles. The SMILES string of the molecule is COCc1ccc(C#N)c(B2OC(C)(C)C(C)(C)O2)c1. The van der Waals surface area contributed by atoms with E-state index in [2.05, 4.69) is 6.07 Å². The lowest BCUT2D eigenvalue weighted by atomic mass is 9.75. The first-order valence-corrected chi connectivity index (χ1v) is 6.68. The number of nitriles is 1. The van der Waals surface area contributed by atoms with Crippen molar-refractivity contribution in [3.05, 3.63) is 29.3 Å². The summed E-state index contributed by atoms with van der Waals surface area (Å²) in [4.78, 5) is 0. The van der Waals surface area contributed by atoms with Gasteiger partial charge in [-0.15, -0.1) is 0 Å². The molecule has 1 aliphatic rings. The Morgan fingerprint density at radius 3 is 2.30 bits per heavy atom. The monoisotopic (exact) mass is 273 g/mol. The van der Waals surface area contributed by atoms with Crippen LogP contribution >= 0.6 is 0 Å². The van der Waals surface area contributed by atoms with Crippen LogP contribution in [0.15, 0.2) is 18.2 Å². The van der Waals surface area contributed by atoms with Crippen molar-refractivity contribution in [2.45, 2.75) is 45.5 Å². The Morgan fingerprint density at radius 2 is 1.80 bits per heavy atom. The average Bonchev–Trinajstić information content (AvgIpc) is 2.59. The third kappa shape index (κ3) is 2.60. The summed E-state index contributed by atoms with van der Waals surface area (Å²) < 4.78 is 17.2. The van der Waals surface area contributed by atoms with Crippen LogP contribution in [0.4, 0.5) is 0 Å². The molecule has 0 amide bonds. The predicted molar refractivity (Wildman–Crippen MR) is 77.6 cm³/mol. The van der Waals surface area contributed by atoms with Gasteiger partial charge < -0.3 is 14.0 Å². The van der Waals surface area contributed by atoms with Gasteiger partial charge in [-0.05, 0) is 39.3 Å². The molecule has 1 fully saturated rings. The van der Waals surface area contributed by atoms with E-state index in [0.29, 0.717) is 12.2 Å². The standard InChI is InChI=1S/C15H20BNO3/c1-14(2)15(3,4)20-16(19-14)13-8-11(10-18-5)6-7-12(13)9-17/h6-8H,10H2,1-5H3. The van der Waals surface area contributed by atoms with Gasteiger partial charge in [-0.2, -0.15) is 5.26 Å². The van der Waals surface area contributed by atoms with Crippen LogP contribution in [-0.4, -0.2) is 25.4 Å². The van der Waals surface area contributed by atoms with Crippen molar-refractivity contribution in [1.82, 2.24) is 0 Å². The zero-order valence-corrected chi connectivity index (χ0v) is 12.7. The molecule has 1 heterocycles. The number of benzene rings is 1. The second-order valence-corrected chi connectivity index (χ2v) is 6.05. The van der Waals surface area contributed by atoms with Crippen molar-refractivity contribution in [3.63, 3.8) is 0 Å². The lowest BCUT2D eigenvalue weighted by Gasteiger charge is -2.32. The third-order valence-corrected chi connectivity index (χ3v) is 4.05. The fraction of sp³-hybridized carbons (Fsp3) is 0.533. The van der Waals surface area contributed by atoms with Gasteiger partial charge in [0, 0.05) is 12.6 Å². The van der Waals surface area contributed by atoms with Crippen molar-refractivity contribution in [3.8, 4) is 6.07 Å². The molecule has 5 heteroatoms. The van der Waals surface area contributed by atoms with Crippen LogP contribution in [0.3, 0.4) is 0 Å². The van der Waals surface area contributed by atoms with Gasteiger partial charge in [0.1, 0.15) is 0 Å². The second kappa shape index (κ2) is 5.21. The topological polar surface area (TPSA) is 51.5 Å². The molecular weight excluding hydrogens is 253 g/mol. The van der Waals surface area contributed by atoms with Gasteiger partial charge >= 0.3 is 7.12 Å². The number of methoxy groups -OCH3 is 1. The van der Waals surface area contributed by atoms with Crippen LogP contribution in [0.5, 0.6) is 0 Å². The molecule has 0 aliphatic carbocycles. The fourth-order valence-electron chi connectivity index (χ4n) is 2.14. The van der Waals surface area contributed by atoms with Gasteiger partial charge in [-0.1, -0.05) is 12.1 Å². The minimum atomic E-state index is -0.522. The summed E-state index contributed by atoms with van der Waals surface area (Å²) >= 11 is 0. The zero-order valence-electron chi connectivity index (χ0n) is 12.7. The lowest BCUT2D eigenvalue weighted by molar-refractivity contribution is 0.00578. The molecule has 20 heavy (non-hydrogen) atoms. The van der Waals surface area contributed by atoms with E-state index in [-0.39, 0.29) is 0 Å². The van der Waals surface area contributed by atoms with Gasteiger partial charge in [-0.25, -0.2) is 0 Å². The molecule has 0 radical (unpaired) electrons. The van der Waals surface area contributed by atoms with Crippen LogP contribution < -0.4 is 5.46 Å². The maximum Gasteiger partial charge on any atom is 0.496 e. The second-order valence-electron chi connectivity index (χ2n) is 6.05. The molecule has 4 nitrogen and oxygen atoms in total. The molecule has 0 spiro atoms. The molecule has 0 unspecified atom stereocenters. The number of ether oxygens (including phenoxy) is 1. The minimum Gasteiger partial charge on any atom is -0.399 e. The summed E-state index contributed by atoms with van der Waals surface area (Å²) in [7, 11) is 1.12. The quantitative estimate of drug-likeness (QED) is 0.790. The molecule has 1 aromatic rings. The average molecular weight is 273 g/mol. The van der Waals surface area contributed by atoms with Crippen molar-refractivity contribution >= 4 is 12.6 Å². The van der Waals surface area contributed by atoms with E-state index in [0.717, 1.165) is 11.0 Å². The van der Waals surface area contributed by atoms with Crippen molar-refractivity contribution < 1.29 is 14.0 Å². The van der Waals surface area contributed by atoms with E-state index in [1.165, 1.54) is 0 Å². The lowest BCUT2D eigenvalue weighted by Crippen LogP contribution is -2.41. The van der Waals surface area contributed by atoms with Crippen LogP contribution in [0.25, 0.3) is 0 Å². The van der Waals surface area contributed by atoms with Gasteiger partial charge in [0.2, 0.25) is 0 Å². The van der Waals surface area contributed by atoms with Crippen molar-refractivity contribution in [2.75, 3.05) is 7.11 Å². The molecule has 106 valence electrons.